The van der Waals surface area contributed by atoms with Gasteiger partial charge in [-0.1, -0.05) is 0 Å². The minimum absolute atomic E-state index is 0.138. The first kappa shape index (κ1) is 14.9. The zero-order valence-corrected chi connectivity index (χ0v) is 10.4. The van der Waals surface area contributed by atoms with E-state index >= 15 is 0 Å². The van der Waals surface area contributed by atoms with Gasteiger partial charge in [-0.15, -0.1) is 0 Å². The van der Waals surface area contributed by atoms with Crippen LogP contribution in [-0.4, -0.2) is 33.8 Å². The molecule has 0 aromatic rings. The number of hydroxylamine groups is 3. The van der Waals surface area contributed by atoms with Crippen LogP contribution in [0.3, 0.4) is 0 Å². The first-order valence-corrected chi connectivity index (χ1v) is 5.08. The molecule has 2 amide bonds. The number of carbonyl (C=O) groups excluding carboxylic acids is 2. The van der Waals surface area contributed by atoms with Crippen molar-refractivity contribution in [3.05, 3.63) is 0 Å². The predicted molar refractivity (Wildman–Crippen MR) is 56.7 cm³/mol. The fourth-order valence-electron chi connectivity index (χ4n) is 1.16. The normalized spacial score (nSPS) is 12.2. The number of nitrogens with zero attached hydrogens (tertiary/aromatic N) is 1. The van der Waals surface area contributed by atoms with Gasteiger partial charge in [-0.3, -0.25) is 20.0 Å². The van der Waals surface area contributed by atoms with Crippen molar-refractivity contribution in [2.75, 3.05) is 6.54 Å². The van der Waals surface area contributed by atoms with Crippen LogP contribution in [0.2, 0.25) is 0 Å². The Hall–Kier alpha value is -1.14. The van der Waals surface area contributed by atoms with Gasteiger partial charge in [0.05, 0.1) is 10.8 Å². The number of hydrogen-bond acceptors (Lipinski definition) is 4. The third-order valence-electron chi connectivity index (χ3n) is 3.30. The van der Waals surface area contributed by atoms with Gasteiger partial charge in [-0.2, -0.15) is 0 Å². The second-order valence-corrected chi connectivity index (χ2v) is 4.71. The average Bonchev–Trinajstić information content (AvgIpc) is 2.25. The quantitative estimate of drug-likeness (QED) is 0.493. The average molecular weight is 232 g/mol. The molecule has 3 N–H and O–H groups in total. The Balaban J connectivity index is 5.18. The first-order valence-electron chi connectivity index (χ1n) is 5.08. The molecule has 0 radical (unpaired) electrons. The van der Waals surface area contributed by atoms with Gasteiger partial charge in [0.1, 0.15) is 0 Å². The summed E-state index contributed by atoms with van der Waals surface area (Å²) in [6.07, 6.45) is 0. The van der Waals surface area contributed by atoms with E-state index < -0.39 is 22.6 Å². The van der Waals surface area contributed by atoms with E-state index in [2.05, 4.69) is 0 Å². The van der Waals surface area contributed by atoms with Crippen LogP contribution in [0.15, 0.2) is 0 Å². The van der Waals surface area contributed by atoms with E-state index in [0.717, 1.165) is 0 Å². The molecule has 6 heteroatoms. The van der Waals surface area contributed by atoms with E-state index in [-0.39, 0.29) is 6.54 Å². The summed E-state index contributed by atoms with van der Waals surface area (Å²) in [5.41, 5.74) is -0.746. The van der Waals surface area contributed by atoms with Gasteiger partial charge in [-0.05, 0) is 34.6 Å². The molecule has 94 valence electrons. The lowest BCUT2D eigenvalue weighted by Crippen LogP contribution is -2.53. The Morgan fingerprint density at radius 1 is 1.19 bits per heavy atom. The Labute approximate surface area is 95.2 Å². The zero-order valence-electron chi connectivity index (χ0n) is 10.4. The van der Waals surface area contributed by atoms with Gasteiger partial charge >= 0.3 is 0 Å². The second kappa shape index (κ2) is 4.80. The van der Waals surface area contributed by atoms with E-state index in [1.807, 2.05) is 0 Å². The van der Waals surface area contributed by atoms with Gasteiger partial charge in [0, 0.05) is 6.54 Å². The summed E-state index contributed by atoms with van der Waals surface area (Å²) in [5.74, 6) is -1.24. The van der Waals surface area contributed by atoms with Crippen molar-refractivity contribution >= 4 is 11.8 Å². The minimum atomic E-state index is -1.14. The molecule has 0 fully saturated rings. The third-order valence-corrected chi connectivity index (χ3v) is 3.30. The van der Waals surface area contributed by atoms with Crippen LogP contribution < -0.4 is 5.48 Å². The van der Waals surface area contributed by atoms with Gasteiger partial charge in [0.15, 0.2) is 0 Å². The number of rotatable bonds is 4. The topological polar surface area (TPSA) is 89.9 Å². The van der Waals surface area contributed by atoms with Crippen LogP contribution in [-0.2, 0) is 9.59 Å². The van der Waals surface area contributed by atoms with Crippen LogP contribution in [0.1, 0.15) is 34.6 Å². The molecule has 0 atom stereocenters. The van der Waals surface area contributed by atoms with Crippen LogP contribution in [0.5, 0.6) is 0 Å². The molecular formula is C10H20N2O4. The van der Waals surface area contributed by atoms with E-state index in [4.69, 9.17) is 5.21 Å². The summed E-state index contributed by atoms with van der Waals surface area (Å²) in [6, 6.07) is 0. The Bertz CT molecular complexity index is 287. The maximum atomic E-state index is 11.9. The van der Waals surface area contributed by atoms with Crippen molar-refractivity contribution in [1.82, 2.24) is 10.5 Å². The summed E-state index contributed by atoms with van der Waals surface area (Å²) in [4.78, 5) is 23.4. The number of amides is 2. The second-order valence-electron chi connectivity index (χ2n) is 4.71. The van der Waals surface area contributed by atoms with Crippen LogP contribution in [0.4, 0.5) is 0 Å². The molecule has 0 spiro atoms. The molecule has 0 aliphatic carbocycles. The zero-order chi connectivity index (χ0) is 13.1. The van der Waals surface area contributed by atoms with Crippen LogP contribution >= 0.6 is 0 Å². The molecule has 0 rings (SSSR count). The van der Waals surface area contributed by atoms with E-state index in [1.54, 1.807) is 20.8 Å². The van der Waals surface area contributed by atoms with Gasteiger partial charge in [-0.25, -0.2) is 10.5 Å². The van der Waals surface area contributed by atoms with Crippen molar-refractivity contribution < 1.29 is 20.0 Å². The van der Waals surface area contributed by atoms with Crippen LogP contribution in [0.25, 0.3) is 0 Å². The van der Waals surface area contributed by atoms with E-state index in [0.29, 0.717) is 5.06 Å². The molecule has 0 aliphatic heterocycles. The molecule has 16 heavy (non-hydrogen) atoms. The molecule has 0 aromatic carbocycles. The molecule has 0 aliphatic rings. The molecule has 6 nitrogen and oxygen atoms in total. The molecular weight excluding hydrogens is 212 g/mol. The van der Waals surface area contributed by atoms with Crippen molar-refractivity contribution in [3.63, 3.8) is 0 Å². The number of nitrogens with one attached hydrogen (secondary N) is 1. The number of carbonyl (C=O) groups is 2. The first-order chi connectivity index (χ1) is 7.12. The highest BCUT2D eigenvalue weighted by Gasteiger charge is 2.49. The number of hydrogen-bond donors (Lipinski definition) is 3. The third kappa shape index (κ3) is 2.33. The molecule has 0 heterocycles. The lowest BCUT2D eigenvalue weighted by Gasteiger charge is -2.39. The monoisotopic (exact) mass is 232 g/mol. The SMILES string of the molecule is CCN(O)C(=O)C(C)(C)C(C)(C)C(=O)NO. The molecule has 0 aromatic heterocycles. The van der Waals surface area contributed by atoms with Gasteiger partial charge in [0.25, 0.3) is 5.91 Å². The van der Waals surface area contributed by atoms with Crippen molar-refractivity contribution in [1.29, 1.82) is 0 Å². The summed E-state index contributed by atoms with van der Waals surface area (Å²) < 4.78 is 0. The summed E-state index contributed by atoms with van der Waals surface area (Å²) >= 11 is 0. The maximum absolute atomic E-state index is 11.9. The fraction of sp³-hybridized carbons (Fsp3) is 0.800. The Kier molecular flexibility index (Phi) is 4.45. The van der Waals surface area contributed by atoms with E-state index in [1.165, 1.54) is 19.3 Å². The Morgan fingerprint density at radius 3 is 1.94 bits per heavy atom. The van der Waals surface area contributed by atoms with E-state index in [9.17, 15) is 14.8 Å². The highest BCUT2D eigenvalue weighted by atomic mass is 16.5. The molecule has 0 saturated carbocycles. The fourth-order valence-corrected chi connectivity index (χ4v) is 1.16. The van der Waals surface area contributed by atoms with Gasteiger partial charge < -0.3 is 0 Å². The van der Waals surface area contributed by atoms with Crippen molar-refractivity contribution in [2.24, 2.45) is 10.8 Å². The largest absolute Gasteiger partial charge is 0.289 e. The van der Waals surface area contributed by atoms with Crippen molar-refractivity contribution in [2.45, 2.75) is 34.6 Å². The van der Waals surface area contributed by atoms with Crippen molar-refractivity contribution in [3.8, 4) is 0 Å². The summed E-state index contributed by atoms with van der Waals surface area (Å²) in [7, 11) is 0. The van der Waals surface area contributed by atoms with Crippen LogP contribution in [0, 0.1) is 10.8 Å². The summed E-state index contributed by atoms with van der Waals surface area (Å²) in [5, 5.41) is 18.6. The highest BCUT2D eigenvalue weighted by Crippen LogP contribution is 2.39. The maximum Gasteiger partial charge on any atom is 0.252 e. The smallest absolute Gasteiger partial charge is 0.252 e. The lowest BCUT2D eigenvalue weighted by molar-refractivity contribution is -0.184. The molecule has 0 saturated heterocycles. The predicted octanol–water partition coefficient (Wildman–Crippen LogP) is 0.782. The summed E-state index contributed by atoms with van der Waals surface area (Å²) in [6.45, 7) is 7.90. The highest BCUT2D eigenvalue weighted by molar-refractivity contribution is 5.91. The van der Waals surface area contributed by atoms with Gasteiger partial charge in [0.2, 0.25) is 5.91 Å². The molecule has 0 bridgehead atoms. The minimum Gasteiger partial charge on any atom is -0.289 e. The Morgan fingerprint density at radius 2 is 1.62 bits per heavy atom. The molecule has 0 unspecified atom stereocenters. The lowest BCUT2D eigenvalue weighted by atomic mass is 9.66. The standard InChI is InChI=1S/C10H20N2O4/c1-6-12(16)8(14)10(4,5)9(2,3)7(13)11-15/h15-16H,6H2,1-5H3,(H,11,13).